The summed E-state index contributed by atoms with van der Waals surface area (Å²) in [5.41, 5.74) is 3.82. The maximum atomic E-state index is 4.76. The van der Waals surface area contributed by atoms with Gasteiger partial charge < -0.3 is 0 Å². The van der Waals surface area contributed by atoms with Crippen molar-refractivity contribution in [3.8, 4) is 22.6 Å². The summed E-state index contributed by atoms with van der Waals surface area (Å²) in [5, 5.41) is 19.1. The van der Waals surface area contributed by atoms with Crippen LogP contribution in [0.2, 0.25) is 0 Å². The number of nitrogens with zero attached hydrogens (tertiary/aromatic N) is 7. The Morgan fingerprint density at radius 2 is 1.90 bits per heavy atom. The number of aromatic amines is 1. The average molecular weight is 403 g/mol. The van der Waals surface area contributed by atoms with Gasteiger partial charge in [-0.15, -0.1) is 10.2 Å². The van der Waals surface area contributed by atoms with Crippen molar-refractivity contribution < 1.29 is 0 Å². The summed E-state index contributed by atoms with van der Waals surface area (Å²) in [6.45, 7) is 7.11. The maximum absolute atomic E-state index is 4.76. The summed E-state index contributed by atoms with van der Waals surface area (Å²) in [6, 6.07) is 12.0. The van der Waals surface area contributed by atoms with E-state index in [1.54, 1.807) is 0 Å². The van der Waals surface area contributed by atoms with Crippen LogP contribution >= 0.6 is 0 Å². The number of aryl methyl sites for hydroxylation is 1. The van der Waals surface area contributed by atoms with Crippen molar-refractivity contribution in [1.29, 1.82) is 0 Å². The number of pyridine rings is 1. The third-order valence-corrected chi connectivity index (χ3v) is 4.98. The van der Waals surface area contributed by atoms with Crippen LogP contribution in [-0.2, 0) is 13.0 Å². The molecule has 0 saturated carbocycles. The fourth-order valence-corrected chi connectivity index (χ4v) is 3.31. The summed E-state index contributed by atoms with van der Waals surface area (Å²) < 4.78 is 2.02. The topological polar surface area (TPSA) is 98.1 Å². The highest BCUT2D eigenvalue weighted by molar-refractivity contribution is 5.78. The van der Waals surface area contributed by atoms with E-state index in [1.165, 1.54) is 0 Å². The molecular weight excluding hydrogens is 376 g/mol. The Kier molecular flexibility index (Phi) is 5.92. The summed E-state index contributed by atoms with van der Waals surface area (Å²) in [5.74, 6) is 2.82. The predicted octanol–water partition coefficient (Wildman–Crippen LogP) is 4.03. The van der Waals surface area contributed by atoms with Crippen LogP contribution < -0.4 is 0 Å². The van der Waals surface area contributed by atoms with Crippen LogP contribution in [0.3, 0.4) is 0 Å². The molecule has 1 N–H and O–H groups in total. The van der Waals surface area contributed by atoms with Crippen molar-refractivity contribution >= 4 is 0 Å². The molecule has 0 saturated heterocycles. The van der Waals surface area contributed by atoms with E-state index in [2.05, 4.69) is 47.5 Å². The van der Waals surface area contributed by atoms with E-state index >= 15 is 0 Å². The van der Waals surface area contributed by atoms with Gasteiger partial charge in [-0.3, -0.25) is 4.98 Å². The molecule has 0 bridgehead atoms. The minimum Gasteiger partial charge on any atom is -0.256 e. The molecule has 0 fully saturated rings. The number of aromatic nitrogens is 8. The molecule has 8 nitrogen and oxygen atoms in total. The Balaban J connectivity index is 1.59. The average Bonchev–Trinajstić information content (AvgIpc) is 3.43. The zero-order valence-electron chi connectivity index (χ0n) is 17.6. The van der Waals surface area contributed by atoms with Gasteiger partial charge in [0.2, 0.25) is 5.82 Å². The number of unbranched alkanes of at least 4 members (excludes halogenated alkanes) is 1. The standard InChI is InChI=1S/C22H26N8/c1-4-5-10-20-24-21(15(2)3)27-30(20)14-16-11-12-19(23-13-16)17-8-6-7-9-18(17)22-25-28-29-26-22/h6-9,11-13,15H,4-5,10,14H2,1-3H3,(H,25,26,28,29). The van der Waals surface area contributed by atoms with Gasteiger partial charge in [0.05, 0.1) is 12.2 Å². The molecule has 0 aliphatic heterocycles. The molecule has 3 heterocycles. The fourth-order valence-electron chi connectivity index (χ4n) is 3.31. The Hall–Kier alpha value is -3.42. The maximum Gasteiger partial charge on any atom is 0.205 e. The highest BCUT2D eigenvalue weighted by atomic mass is 15.5. The molecule has 0 unspecified atom stereocenters. The summed E-state index contributed by atoms with van der Waals surface area (Å²) in [4.78, 5) is 9.46. The van der Waals surface area contributed by atoms with Gasteiger partial charge in [0.25, 0.3) is 0 Å². The number of nitrogens with one attached hydrogen (secondary N) is 1. The van der Waals surface area contributed by atoms with Crippen molar-refractivity contribution in [3.63, 3.8) is 0 Å². The Bertz CT molecular complexity index is 1080. The zero-order valence-corrected chi connectivity index (χ0v) is 17.6. The number of tetrazole rings is 1. The van der Waals surface area contributed by atoms with Crippen molar-refractivity contribution in [2.75, 3.05) is 0 Å². The number of hydrogen-bond acceptors (Lipinski definition) is 6. The first kappa shape index (κ1) is 19.9. The second-order valence-electron chi connectivity index (χ2n) is 7.63. The van der Waals surface area contributed by atoms with Crippen LogP contribution in [0.1, 0.15) is 56.7 Å². The molecule has 1 aromatic carbocycles. The van der Waals surface area contributed by atoms with Gasteiger partial charge in [-0.25, -0.2) is 9.67 Å². The van der Waals surface area contributed by atoms with Gasteiger partial charge in [-0.2, -0.15) is 10.3 Å². The van der Waals surface area contributed by atoms with Crippen molar-refractivity contribution in [2.24, 2.45) is 0 Å². The minimum atomic E-state index is 0.314. The lowest BCUT2D eigenvalue weighted by molar-refractivity contribution is 0.609. The number of hydrogen-bond donors (Lipinski definition) is 1. The van der Waals surface area contributed by atoms with Crippen LogP contribution in [-0.4, -0.2) is 40.4 Å². The fraction of sp³-hybridized carbons (Fsp3) is 0.364. The Morgan fingerprint density at radius 1 is 1.07 bits per heavy atom. The highest BCUT2D eigenvalue weighted by Crippen LogP contribution is 2.28. The Labute approximate surface area is 175 Å². The molecule has 0 aliphatic rings. The van der Waals surface area contributed by atoms with Gasteiger partial charge in [-0.1, -0.05) is 57.5 Å². The number of benzene rings is 1. The molecular formula is C22H26N8. The lowest BCUT2D eigenvalue weighted by Gasteiger charge is -2.08. The highest BCUT2D eigenvalue weighted by Gasteiger charge is 2.14. The molecule has 0 atom stereocenters. The molecule has 3 aromatic heterocycles. The molecule has 0 amide bonds. The largest absolute Gasteiger partial charge is 0.256 e. The van der Waals surface area contributed by atoms with Gasteiger partial charge in [0.1, 0.15) is 5.82 Å². The van der Waals surface area contributed by atoms with Crippen molar-refractivity contribution in [3.05, 3.63) is 59.8 Å². The van der Waals surface area contributed by atoms with Crippen molar-refractivity contribution in [1.82, 2.24) is 40.4 Å². The molecule has 0 spiro atoms. The first-order chi connectivity index (χ1) is 14.7. The third kappa shape index (κ3) is 4.27. The molecule has 30 heavy (non-hydrogen) atoms. The third-order valence-electron chi connectivity index (χ3n) is 4.98. The van der Waals surface area contributed by atoms with Gasteiger partial charge in [-0.05, 0) is 23.3 Å². The summed E-state index contributed by atoms with van der Waals surface area (Å²) in [7, 11) is 0. The molecule has 0 aliphatic carbocycles. The lowest BCUT2D eigenvalue weighted by Crippen LogP contribution is -2.08. The van der Waals surface area contributed by atoms with E-state index in [9.17, 15) is 0 Å². The number of rotatable bonds is 8. The van der Waals surface area contributed by atoms with Crippen LogP contribution in [0.5, 0.6) is 0 Å². The van der Waals surface area contributed by atoms with E-state index in [4.69, 9.17) is 15.1 Å². The molecule has 154 valence electrons. The number of H-pyrrole nitrogens is 1. The summed E-state index contributed by atoms with van der Waals surface area (Å²) in [6.07, 6.45) is 5.10. The second kappa shape index (κ2) is 8.94. The first-order valence-electron chi connectivity index (χ1n) is 10.4. The van der Waals surface area contributed by atoms with Crippen LogP contribution in [0.25, 0.3) is 22.6 Å². The quantitative estimate of drug-likeness (QED) is 0.478. The SMILES string of the molecule is CCCCc1nc(C(C)C)nn1Cc1ccc(-c2ccccc2-c2nn[nH]n2)nc1. The summed E-state index contributed by atoms with van der Waals surface area (Å²) >= 11 is 0. The van der Waals surface area contributed by atoms with E-state index in [-0.39, 0.29) is 0 Å². The van der Waals surface area contributed by atoms with Crippen LogP contribution in [0, 0.1) is 0 Å². The second-order valence-corrected chi connectivity index (χ2v) is 7.63. The smallest absolute Gasteiger partial charge is 0.205 e. The van der Waals surface area contributed by atoms with Crippen LogP contribution in [0.4, 0.5) is 0 Å². The minimum absolute atomic E-state index is 0.314. The zero-order chi connectivity index (χ0) is 20.9. The molecule has 4 aromatic rings. The molecule has 4 rings (SSSR count). The molecule has 8 heteroatoms. The van der Waals surface area contributed by atoms with Gasteiger partial charge in [0.15, 0.2) is 5.82 Å². The van der Waals surface area contributed by atoms with E-state index in [1.807, 2.05) is 41.2 Å². The van der Waals surface area contributed by atoms with E-state index in [0.29, 0.717) is 18.3 Å². The van der Waals surface area contributed by atoms with Gasteiger partial charge in [0, 0.05) is 29.7 Å². The van der Waals surface area contributed by atoms with Gasteiger partial charge >= 0.3 is 0 Å². The normalized spacial score (nSPS) is 11.3. The van der Waals surface area contributed by atoms with E-state index < -0.39 is 0 Å². The molecule has 0 radical (unpaired) electrons. The van der Waals surface area contributed by atoms with Crippen LogP contribution in [0.15, 0.2) is 42.6 Å². The monoisotopic (exact) mass is 402 g/mol. The predicted molar refractivity (Wildman–Crippen MR) is 115 cm³/mol. The first-order valence-corrected chi connectivity index (χ1v) is 10.4. The van der Waals surface area contributed by atoms with Crippen molar-refractivity contribution in [2.45, 2.75) is 52.5 Å². The lowest BCUT2D eigenvalue weighted by atomic mass is 10.0. The van der Waals surface area contributed by atoms with E-state index in [0.717, 1.165) is 53.3 Å². The Morgan fingerprint density at radius 3 is 2.57 bits per heavy atom.